The second kappa shape index (κ2) is 6.73. The molecule has 2 aromatic rings. The van der Waals surface area contributed by atoms with Gasteiger partial charge in [0.25, 0.3) is 0 Å². The van der Waals surface area contributed by atoms with Gasteiger partial charge in [0.05, 0.1) is 6.04 Å². The zero-order valence-electron chi connectivity index (χ0n) is 11.1. The molecule has 2 rings (SSSR count). The summed E-state index contributed by atoms with van der Waals surface area (Å²) in [4.78, 5) is 5.06. The van der Waals surface area contributed by atoms with Gasteiger partial charge >= 0.3 is 0 Å². The van der Waals surface area contributed by atoms with E-state index in [0.29, 0.717) is 4.90 Å². The zero-order valence-corrected chi connectivity index (χ0v) is 12.0. The third-order valence-electron chi connectivity index (χ3n) is 2.99. The quantitative estimate of drug-likeness (QED) is 0.824. The lowest BCUT2D eigenvalue weighted by molar-refractivity contribution is 0.568. The first kappa shape index (κ1) is 14.1. The van der Waals surface area contributed by atoms with E-state index < -0.39 is 0 Å². The van der Waals surface area contributed by atoms with E-state index in [9.17, 15) is 4.39 Å². The Hall–Kier alpha value is -1.33. The highest BCUT2D eigenvalue weighted by atomic mass is 32.2. The Morgan fingerprint density at radius 3 is 2.89 bits per heavy atom. The van der Waals surface area contributed by atoms with Gasteiger partial charge in [-0.05, 0) is 26.1 Å². The first-order valence-electron chi connectivity index (χ1n) is 6.32. The highest BCUT2D eigenvalue weighted by Gasteiger charge is 2.15. The Bertz CT molecular complexity index is 527. The summed E-state index contributed by atoms with van der Waals surface area (Å²) < 4.78 is 15.7. The number of thioether (sulfide) groups is 1. The van der Waals surface area contributed by atoms with Crippen molar-refractivity contribution in [3.8, 4) is 0 Å². The SMILES string of the molecule is CCn1ccnc1C(CSc1ccccc1F)NC. The maximum Gasteiger partial charge on any atom is 0.136 e. The van der Waals surface area contributed by atoms with Crippen molar-refractivity contribution in [3.63, 3.8) is 0 Å². The van der Waals surface area contributed by atoms with Crippen LogP contribution in [-0.4, -0.2) is 22.4 Å². The van der Waals surface area contributed by atoms with Crippen LogP contribution in [0.5, 0.6) is 0 Å². The van der Waals surface area contributed by atoms with Crippen molar-refractivity contribution in [1.29, 1.82) is 0 Å². The van der Waals surface area contributed by atoms with Gasteiger partial charge in [-0.2, -0.15) is 0 Å². The Morgan fingerprint density at radius 2 is 2.21 bits per heavy atom. The molecule has 1 atom stereocenters. The molecular weight excluding hydrogens is 261 g/mol. The summed E-state index contributed by atoms with van der Waals surface area (Å²) in [5.74, 6) is 1.57. The van der Waals surface area contributed by atoms with Crippen LogP contribution in [0.1, 0.15) is 18.8 Å². The molecule has 1 N–H and O–H groups in total. The van der Waals surface area contributed by atoms with Gasteiger partial charge in [-0.1, -0.05) is 12.1 Å². The van der Waals surface area contributed by atoms with E-state index in [1.54, 1.807) is 18.3 Å². The van der Waals surface area contributed by atoms with Crippen molar-refractivity contribution in [1.82, 2.24) is 14.9 Å². The van der Waals surface area contributed by atoms with Crippen LogP contribution >= 0.6 is 11.8 Å². The lowest BCUT2D eigenvalue weighted by Crippen LogP contribution is -2.22. The van der Waals surface area contributed by atoms with Crippen molar-refractivity contribution in [2.75, 3.05) is 12.8 Å². The molecule has 1 aromatic heterocycles. The number of halogens is 1. The van der Waals surface area contributed by atoms with Crippen LogP contribution in [0.3, 0.4) is 0 Å². The van der Waals surface area contributed by atoms with Crippen molar-refractivity contribution in [2.45, 2.75) is 24.4 Å². The molecule has 0 bridgehead atoms. The normalized spacial score (nSPS) is 12.6. The summed E-state index contributed by atoms with van der Waals surface area (Å²) >= 11 is 1.51. The minimum absolute atomic E-state index is 0.111. The third-order valence-corrected chi connectivity index (χ3v) is 4.13. The molecule has 0 fully saturated rings. The van der Waals surface area contributed by atoms with E-state index >= 15 is 0 Å². The van der Waals surface area contributed by atoms with Crippen molar-refractivity contribution in [2.24, 2.45) is 0 Å². The van der Waals surface area contributed by atoms with Crippen LogP contribution < -0.4 is 5.32 Å². The number of imidazole rings is 1. The van der Waals surface area contributed by atoms with Crippen molar-refractivity contribution in [3.05, 3.63) is 48.3 Å². The fraction of sp³-hybridized carbons (Fsp3) is 0.357. The average Bonchev–Trinajstić information content (AvgIpc) is 2.90. The van der Waals surface area contributed by atoms with Gasteiger partial charge in [0.15, 0.2) is 0 Å². The van der Waals surface area contributed by atoms with Gasteiger partial charge in [-0.25, -0.2) is 9.37 Å². The molecule has 3 nitrogen and oxygen atoms in total. The lowest BCUT2D eigenvalue weighted by atomic mass is 10.3. The molecule has 0 spiro atoms. The fourth-order valence-electron chi connectivity index (χ4n) is 1.92. The zero-order chi connectivity index (χ0) is 13.7. The minimum Gasteiger partial charge on any atom is -0.334 e. The molecule has 19 heavy (non-hydrogen) atoms. The maximum absolute atomic E-state index is 13.6. The first-order valence-corrected chi connectivity index (χ1v) is 7.30. The molecule has 1 heterocycles. The average molecular weight is 279 g/mol. The second-order valence-electron chi connectivity index (χ2n) is 4.15. The highest BCUT2D eigenvalue weighted by Crippen LogP contribution is 2.26. The van der Waals surface area contributed by atoms with E-state index in [2.05, 4.69) is 21.8 Å². The molecule has 1 aromatic carbocycles. The van der Waals surface area contributed by atoms with E-state index in [-0.39, 0.29) is 11.9 Å². The van der Waals surface area contributed by atoms with Gasteiger partial charge in [0.2, 0.25) is 0 Å². The third kappa shape index (κ3) is 3.36. The maximum atomic E-state index is 13.6. The predicted molar refractivity (Wildman–Crippen MR) is 76.8 cm³/mol. The van der Waals surface area contributed by atoms with E-state index in [1.807, 2.05) is 19.3 Å². The topological polar surface area (TPSA) is 29.9 Å². The summed E-state index contributed by atoms with van der Waals surface area (Å²) in [6, 6.07) is 6.97. The molecule has 102 valence electrons. The molecule has 0 aliphatic carbocycles. The number of hydrogen-bond donors (Lipinski definition) is 1. The molecular formula is C14H18FN3S. The largest absolute Gasteiger partial charge is 0.334 e. The number of aryl methyl sites for hydroxylation is 1. The Morgan fingerprint density at radius 1 is 1.42 bits per heavy atom. The smallest absolute Gasteiger partial charge is 0.136 e. The molecule has 5 heteroatoms. The molecule has 1 unspecified atom stereocenters. The van der Waals surface area contributed by atoms with Crippen LogP contribution in [0.25, 0.3) is 0 Å². The predicted octanol–water partition coefficient (Wildman–Crippen LogP) is 3.09. The second-order valence-corrected chi connectivity index (χ2v) is 5.22. The Kier molecular flexibility index (Phi) is 4.99. The number of rotatable bonds is 6. The summed E-state index contributed by atoms with van der Waals surface area (Å²) in [6.07, 6.45) is 3.77. The van der Waals surface area contributed by atoms with Crippen LogP contribution in [0, 0.1) is 5.82 Å². The Labute approximate surface area is 117 Å². The summed E-state index contributed by atoms with van der Waals surface area (Å²) in [7, 11) is 1.90. The van der Waals surface area contributed by atoms with E-state index in [4.69, 9.17) is 0 Å². The van der Waals surface area contributed by atoms with Crippen LogP contribution in [-0.2, 0) is 6.54 Å². The molecule has 0 amide bonds. The molecule has 0 saturated carbocycles. The summed E-state index contributed by atoms with van der Waals surface area (Å²) in [6.45, 7) is 2.97. The Balaban J connectivity index is 2.06. The molecule has 0 aliphatic heterocycles. The summed E-state index contributed by atoms with van der Waals surface area (Å²) in [5.41, 5.74) is 0. The first-order chi connectivity index (χ1) is 9.26. The van der Waals surface area contributed by atoms with Crippen molar-refractivity contribution < 1.29 is 4.39 Å². The van der Waals surface area contributed by atoms with Gasteiger partial charge in [0.1, 0.15) is 11.6 Å². The van der Waals surface area contributed by atoms with Crippen LogP contribution in [0.2, 0.25) is 0 Å². The van der Waals surface area contributed by atoms with Gasteiger partial charge in [-0.3, -0.25) is 0 Å². The summed E-state index contributed by atoms with van der Waals surface area (Å²) in [5, 5.41) is 3.24. The number of hydrogen-bond acceptors (Lipinski definition) is 3. The monoisotopic (exact) mass is 279 g/mol. The minimum atomic E-state index is -0.166. The lowest BCUT2D eigenvalue weighted by Gasteiger charge is -2.16. The van der Waals surface area contributed by atoms with Gasteiger partial charge in [-0.15, -0.1) is 11.8 Å². The van der Waals surface area contributed by atoms with E-state index in [1.165, 1.54) is 17.8 Å². The fourth-order valence-corrected chi connectivity index (χ4v) is 2.96. The van der Waals surface area contributed by atoms with Gasteiger partial charge in [0, 0.05) is 29.6 Å². The standard InChI is InChI=1S/C14H18FN3S/c1-3-18-9-8-17-14(18)12(16-2)10-19-13-7-5-4-6-11(13)15/h4-9,12,16H,3,10H2,1-2H3. The van der Waals surface area contributed by atoms with Crippen molar-refractivity contribution >= 4 is 11.8 Å². The number of nitrogens with one attached hydrogen (secondary N) is 1. The van der Waals surface area contributed by atoms with Crippen LogP contribution in [0.4, 0.5) is 4.39 Å². The molecule has 0 radical (unpaired) electrons. The number of aromatic nitrogens is 2. The highest BCUT2D eigenvalue weighted by molar-refractivity contribution is 7.99. The van der Waals surface area contributed by atoms with Crippen LogP contribution in [0.15, 0.2) is 41.6 Å². The van der Waals surface area contributed by atoms with E-state index in [0.717, 1.165) is 18.1 Å². The number of nitrogens with zero attached hydrogens (tertiary/aromatic N) is 2. The molecule has 0 saturated heterocycles. The molecule has 0 aliphatic rings. The number of benzene rings is 1. The van der Waals surface area contributed by atoms with Gasteiger partial charge < -0.3 is 9.88 Å².